The Morgan fingerprint density at radius 1 is 1.32 bits per heavy atom. The molecule has 0 saturated carbocycles. The highest BCUT2D eigenvalue weighted by Crippen LogP contribution is 2.20. The highest BCUT2D eigenvalue weighted by atomic mass is 16.5. The van der Waals surface area contributed by atoms with E-state index in [0.717, 1.165) is 11.3 Å². The highest BCUT2D eigenvalue weighted by molar-refractivity contribution is 5.52. The number of ether oxygens (including phenoxy) is 2. The largest absolute Gasteiger partial charge is 0.497 e. The molecule has 0 aliphatic carbocycles. The van der Waals surface area contributed by atoms with Crippen LogP contribution >= 0.6 is 0 Å². The van der Waals surface area contributed by atoms with E-state index in [1.807, 2.05) is 30.3 Å². The van der Waals surface area contributed by atoms with Gasteiger partial charge in [-0.25, -0.2) is 4.98 Å². The van der Waals surface area contributed by atoms with Gasteiger partial charge >= 0.3 is 0 Å². The fraction of sp³-hybridized carbons (Fsp3) is 0.143. The minimum absolute atomic E-state index is 0.329. The van der Waals surface area contributed by atoms with Crippen LogP contribution in [0.2, 0.25) is 0 Å². The SMILES string of the molecule is COc1ccc(COc2ncc(C#N)cc2N)cc1. The first-order valence-electron chi connectivity index (χ1n) is 5.64. The predicted octanol–water partition coefficient (Wildman–Crippen LogP) is 2.12. The van der Waals surface area contributed by atoms with Crippen molar-refractivity contribution in [1.82, 2.24) is 4.98 Å². The molecule has 2 N–H and O–H groups in total. The van der Waals surface area contributed by atoms with E-state index in [4.69, 9.17) is 20.5 Å². The van der Waals surface area contributed by atoms with E-state index >= 15 is 0 Å². The Labute approximate surface area is 111 Å². The summed E-state index contributed by atoms with van der Waals surface area (Å²) in [5.74, 6) is 1.12. The summed E-state index contributed by atoms with van der Waals surface area (Å²) < 4.78 is 10.6. The Hall–Kier alpha value is -2.74. The number of nitrogens with two attached hydrogens (primary N) is 1. The van der Waals surface area contributed by atoms with Gasteiger partial charge in [-0.1, -0.05) is 12.1 Å². The number of aromatic nitrogens is 1. The lowest BCUT2D eigenvalue weighted by molar-refractivity contribution is 0.295. The lowest BCUT2D eigenvalue weighted by Crippen LogP contribution is -2.01. The second-order valence-corrected chi connectivity index (χ2v) is 3.87. The number of nitriles is 1. The van der Waals surface area contributed by atoms with Crippen molar-refractivity contribution in [2.75, 3.05) is 12.8 Å². The molecule has 1 aromatic heterocycles. The number of benzene rings is 1. The Morgan fingerprint density at radius 3 is 2.63 bits per heavy atom. The molecule has 2 rings (SSSR count). The molecular weight excluding hydrogens is 242 g/mol. The van der Waals surface area contributed by atoms with Crippen molar-refractivity contribution >= 4 is 5.69 Å². The van der Waals surface area contributed by atoms with Crippen molar-refractivity contribution in [3.05, 3.63) is 47.7 Å². The molecule has 0 bridgehead atoms. The van der Waals surface area contributed by atoms with Crippen LogP contribution in [-0.4, -0.2) is 12.1 Å². The van der Waals surface area contributed by atoms with Crippen molar-refractivity contribution < 1.29 is 9.47 Å². The van der Waals surface area contributed by atoms with Gasteiger partial charge in [0.05, 0.1) is 18.4 Å². The summed E-state index contributed by atoms with van der Waals surface area (Å²) in [6.07, 6.45) is 1.43. The fourth-order valence-electron chi connectivity index (χ4n) is 1.52. The van der Waals surface area contributed by atoms with Crippen molar-refractivity contribution in [1.29, 1.82) is 5.26 Å². The first kappa shape index (κ1) is 12.7. The van der Waals surface area contributed by atoms with Gasteiger partial charge in [0, 0.05) is 6.20 Å². The van der Waals surface area contributed by atoms with Crippen molar-refractivity contribution in [3.8, 4) is 17.7 Å². The molecule has 0 aliphatic rings. The lowest BCUT2D eigenvalue weighted by atomic mass is 10.2. The van der Waals surface area contributed by atoms with E-state index in [9.17, 15) is 0 Å². The quantitative estimate of drug-likeness (QED) is 0.905. The third-order valence-corrected chi connectivity index (χ3v) is 2.54. The van der Waals surface area contributed by atoms with Gasteiger partial charge < -0.3 is 15.2 Å². The third kappa shape index (κ3) is 3.13. The molecule has 5 nitrogen and oxygen atoms in total. The van der Waals surface area contributed by atoms with Gasteiger partial charge in [0.25, 0.3) is 0 Å². The first-order valence-corrected chi connectivity index (χ1v) is 5.64. The summed E-state index contributed by atoms with van der Waals surface area (Å²) in [5.41, 5.74) is 7.49. The van der Waals surface area contributed by atoms with Gasteiger partial charge in [-0.3, -0.25) is 0 Å². The average molecular weight is 255 g/mol. The number of hydrogen-bond acceptors (Lipinski definition) is 5. The summed E-state index contributed by atoms with van der Waals surface area (Å²) in [7, 11) is 1.62. The van der Waals surface area contributed by atoms with E-state index in [0.29, 0.717) is 23.7 Å². The Kier molecular flexibility index (Phi) is 3.84. The normalized spacial score (nSPS) is 9.68. The molecule has 0 radical (unpaired) electrons. The van der Waals surface area contributed by atoms with Crippen LogP contribution in [-0.2, 0) is 6.61 Å². The number of rotatable bonds is 4. The molecular formula is C14H13N3O2. The van der Waals surface area contributed by atoms with Crippen molar-refractivity contribution in [2.45, 2.75) is 6.61 Å². The maximum absolute atomic E-state index is 8.71. The third-order valence-electron chi connectivity index (χ3n) is 2.54. The van der Waals surface area contributed by atoms with E-state index in [-0.39, 0.29) is 0 Å². The first-order chi connectivity index (χ1) is 9.22. The second-order valence-electron chi connectivity index (χ2n) is 3.87. The van der Waals surface area contributed by atoms with Crippen LogP contribution in [0.25, 0.3) is 0 Å². The van der Waals surface area contributed by atoms with Gasteiger partial charge in [-0.05, 0) is 23.8 Å². The van der Waals surface area contributed by atoms with E-state index < -0.39 is 0 Å². The van der Waals surface area contributed by atoms with E-state index in [1.54, 1.807) is 7.11 Å². The van der Waals surface area contributed by atoms with Gasteiger partial charge in [0.1, 0.15) is 18.4 Å². The summed E-state index contributed by atoms with van der Waals surface area (Å²) in [6.45, 7) is 0.354. The zero-order valence-corrected chi connectivity index (χ0v) is 10.5. The Bertz CT molecular complexity index is 603. The number of pyridine rings is 1. The molecule has 0 spiro atoms. The number of nitrogen functional groups attached to an aromatic ring is 1. The number of hydrogen-bond donors (Lipinski definition) is 1. The fourth-order valence-corrected chi connectivity index (χ4v) is 1.52. The molecule has 1 heterocycles. The minimum atomic E-state index is 0.329. The van der Waals surface area contributed by atoms with Gasteiger partial charge in [-0.2, -0.15) is 5.26 Å². The molecule has 0 saturated heterocycles. The summed E-state index contributed by atoms with van der Waals surface area (Å²) >= 11 is 0. The number of anilines is 1. The van der Waals surface area contributed by atoms with Crippen LogP contribution in [0.1, 0.15) is 11.1 Å². The van der Waals surface area contributed by atoms with Gasteiger partial charge in [0.15, 0.2) is 0 Å². The topological polar surface area (TPSA) is 81.2 Å². The molecule has 1 aromatic carbocycles. The van der Waals surface area contributed by atoms with Gasteiger partial charge in [0.2, 0.25) is 5.88 Å². The molecule has 96 valence electrons. The molecule has 0 aliphatic heterocycles. The van der Waals surface area contributed by atoms with Crippen LogP contribution in [0.15, 0.2) is 36.5 Å². The predicted molar refractivity (Wildman–Crippen MR) is 70.7 cm³/mol. The smallest absolute Gasteiger partial charge is 0.237 e. The van der Waals surface area contributed by atoms with Crippen LogP contribution in [0, 0.1) is 11.3 Å². The molecule has 0 atom stereocenters. The summed E-state index contributed by atoms with van der Waals surface area (Å²) in [4.78, 5) is 4.00. The number of nitrogens with zero attached hydrogens (tertiary/aromatic N) is 2. The summed E-state index contributed by atoms with van der Waals surface area (Å²) in [6, 6.07) is 11.0. The van der Waals surface area contributed by atoms with Crippen LogP contribution in [0.4, 0.5) is 5.69 Å². The Morgan fingerprint density at radius 2 is 2.05 bits per heavy atom. The standard InChI is InChI=1S/C14H13N3O2/c1-18-12-4-2-10(3-5-12)9-19-14-13(16)6-11(7-15)8-17-14/h2-6,8H,9,16H2,1H3. The van der Waals surface area contributed by atoms with Crippen LogP contribution in [0.5, 0.6) is 11.6 Å². The van der Waals surface area contributed by atoms with Crippen molar-refractivity contribution in [3.63, 3.8) is 0 Å². The Balaban J connectivity index is 2.04. The van der Waals surface area contributed by atoms with Crippen LogP contribution < -0.4 is 15.2 Å². The molecule has 2 aromatic rings. The zero-order valence-electron chi connectivity index (χ0n) is 10.5. The maximum Gasteiger partial charge on any atom is 0.237 e. The monoisotopic (exact) mass is 255 g/mol. The molecule has 5 heteroatoms. The van der Waals surface area contributed by atoms with E-state index in [2.05, 4.69) is 4.98 Å². The van der Waals surface area contributed by atoms with Crippen LogP contribution in [0.3, 0.4) is 0 Å². The minimum Gasteiger partial charge on any atom is -0.497 e. The van der Waals surface area contributed by atoms with Gasteiger partial charge in [-0.15, -0.1) is 0 Å². The highest BCUT2D eigenvalue weighted by Gasteiger charge is 2.04. The molecule has 0 fully saturated rings. The average Bonchev–Trinajstić information content (AvgIpc) is 2.46. The van der Waals surface area contributed by atoms with Crippen molar-refractivity contribution in [2.24, 2.45) is 0 Å². The summed E-state index contributed by atoms with van der Waals surface area (Å²) in [5, 5.41) is 8.71. The lowest BCUT2D eigenvalue weighted by Gasteiger charge is -2.08. The second kappa shape index (κ2) is 5.74. The zero-order chi connectivity index (χ0) is 13.7. The van der Waals surface area contributed by atoms with E-state index in [1.165, 1.54) is 12.3 Å². The molecule has 0 amide bonds. The number of methoxy groups -OCH3 is 1. The maximum atomic E-state index is 8.71. The molecule has 0 unspecified atom stereocenters. The molecule has 19 heavy (non-hydrogen) atoms.